The standard InChI is InChI=1S/C14H18N3O3/c18-8-2-4-12-3-1-5-13(11-12)15-14(19)16-17-6-9-20-10-7-17/h1-5,11H,6-10H2,(H2,15,16,19). The molecule has 1 aromatic carbocycles. The molecule has 1 aromatic rings. The maximum absolute atomic E-state index is 11.8. The van der Waals surface area contributed by atoms with Gasteiger partial charge in [-0.25, -0.2) is 14.9 Å². The molecule has 1 aliphatic heterocycles. The van der Waals surface area contributed by atoms with E-state index in [1.165, 1.54) is 6.08 Å². The van der Waals surface area contributed by atoms with Gasteiger partial charge in [-0.3, -0.25) is 5.43 Å². The van der Waals surface area contributed by atoms with E-state index >= 15 is 0 Å². The highest BCUT2D eigenvalue weighted by atomic mass is 16.5. The summed E-state index contributed by atoms with van der Waals surface area (Å²) in [4.78, 5) is 11.8. The number of amides is 2. The summed E-state index contributed by atoms with van der Waals surface area (Å²) in [7, 11) is 0. The van der Waals surface area contributed by atoms with Crippen LogP contribution in [0.3, 0.4) is 0 Å². The average molecular weight is 276 g/mol. The first kappa shape index (κ1) is 14.5. The Labute approximate surface area is 118 Å². The minimum absolute atomic E-state index is 0.255. The molecule has 1 radical (unpaired) electrons. The van der Waals surface area contributed by atoms with Crippen LogP contribution in [0.4, 0.5) is 10.5 Å². The van der Waals surface area contributed by atoms with Gasteiger partial charge in [-0.05, 0) is 17.7 Å². The molecule has 0 aliphatic carbocycles. The Morgan fingerprint density at radius 3 is 2.90 bits per heavy atom. The number of carbonyl (C=O) groups is 1. The third-order valence-corrected chi connectivity index (χ3v) is 2.82. The molecule has 0 unspecified atom stereocenters. The molecule has 0 saturated carbocycles. The molecule has 20 heavy (non-hydrogen) atoms. The van der Waals surface area contributed by atoms with Crippen molar-refractivity contribution in [3.8, 4) is 0 Å². The molecule has 0 spiro atoms. The molecule has 1 fully saturated rings. The summed E-state index contributed by atoms with van der Waals surface area (Å²) in [5.41, 5.74) is 4.33. The van der Waals surface area contributed by atoms with E-state index in [1.54, 1.807) is 12.1 Å². The Hall–Kier alpha value is -1.89. The topological polar surface area (TPSA) is 73.5 Å². The lowest BCUT2D eigenvalue weighted by atomic mass is 10.2. The molecular weight excluding hydrogens is 258 g/mol. The fourth-order valence-electron chi connectivity index (χ4n) is 1.88. The van der Waals surface area contributed by atoms with Gasteiger partial charge in [-0.1, -0.05) is 24.3 Å². The summed E-state index contributed by atoms with van der Waals surface area (Å²) in [6, 6.07) is 7.03. The van der Waals surface area contributed by atoms with Gasteiger partial charge >= 0.3 is 6.03 Å². The highest BCUT2D eigenvalue weighted by Crippen LogP contribution is 2.11. The Morgan fingerprint density at radius 2 is 2.15 bits per heavy atom. The molecule has 1 aliphatic rings. The van der Waals surface area contributed by atoms with Crippen LogP contribution in [-0.2, 0) is 9.84 Å². The molecule has 6 nitrogen and oxygen atoms in total. The number of nitrogens with one attached hydrogen (secondary N) is 2. The minimum atomic E-state index is -0.281. The van der Waals surface area contributed by atoms with Crippen LogP contribution >= 0.6 is 0 Å². The lowest BCUT2D eigenvalue weighted by Gasteiger charge is -2.26. The maximum atomic E-state index is 11.8. The summed E-state index contributed by atoms with van der Waals surface area (Å²) < 4.78 is 5.21. The minimum Gasteiger partial charge on any atom is -0.379 e. The SMILES string of the molecule is [O]CC=Cc1cccc(NC(=O)NN2CCOCC2)c1. The lowest BCUT2D eigenvalue weighted by Crippen LogP contribution is -2.49. The van der Waals surface area contributed by atoms with Gasteiger partial charge in [0.1, 0.15) is 6.61 Å². The van der Waals surface area contributed by atoms with Gasteiger partial charge in [0.2, 0.25) is 0 Å². The molecule has 6 heteroatoms. The summed E-state index contributed by atoms with van der Waals surface area (Å²) in [6.07, 6.45) is 3.27. The summed E-state index contributed by atoms with van der Waals surface area (Å²) in [6.45, 7) is 2.35. The van der Waals surface area contributed by atoms with Crippen molar-refractivity contribution < 1.29 is 14.6 Å². The molecule has 0 aromatic heterocycles. The molecule has 0 bridgehead atoms. The predicted octanol–water partition coefficient (Wildman–Crippen LogP) is 1.50. The first-order chi connectivity index (χ1) is 9.78. The number of anilines is 1. The molecule has 2 N–H and O–H groups in total. The Balaban J connectivity index is 1.88. The lowest BCUT2D eigenvalue weighted by molar-refractivity contribution is 0.0207. The van der Waals surface area contributed by atoms with E-state index in [9.17, 15) is 9.90 Å². The van der Waals surface area contributed by atoms with Gasteiger partial charge in [0.05, 0.1) is 13.2 Å². The number of benzene rings is 1. The number of morpholine rings is 1. The van der Waals surface area contributed by atoms with E-state index in [0.717, 1.165) is 5.56 Å². The van der Waals surface area contributed by atoms with E-state index < -0.39 is 0 Å². The van der Waals surface area contributed by atoms with E-state index in [2.05, 4.69) is 10.7 Å². The Morgan fingerprint density at radius 1 is 1.35 bits per heavy atom. The zero-order chi connectivity index (χ0) is 14.2. The molecule has 2 amide bonds. The van der Waals surface area contributed by atoms with Crippen LogP contribution in [0.15, 0.2) is 30.3 Å². The predicted molar refractivity (Wildman–Crippen MR) is 75.6 cm³/mol. The van der Waals surface area contributed by atoms with Gasteiger partial charge in [-0.15, -0.1) is 0 Å². The number of hydrazine groups is 1. The zero-order valence-corrected chi connectivity index (χ0v) is 11.2. The molecule has 0 atom stereocenters. The van der Waals surface area contributed by atoms with Crippen molar-refractivity contribution in [2.45, 2.75) is 0 Å². The Kier molecular flexibility index (Phi) is 5.55. The molecule has 1 saturated heterocycles. The van der Waals surface area contributed by atoms with Crippen molar-refractivity contribution in [2.75, 3.05) is 38.2 Å². The average Bonchev–Trinajstić information content (AvgIpc) is 2.46. The third-order valence-electron chi connectivity index (χ3n) is 2.82. The third kappa shape index (κ3) is 4.65. The van der Waals surface area contributed by atoms with Gasteiger partial charge in [0, 0.05) is 18.8 Å². The second kappa shape index (κ2) is 7.64. The summed E-state index contributed by atoms with van der Waals surface area (Å²) in [5, 5.41) is 15.0. The van der Waals surface area contributed by atoms with Crippen molar-refractivity contribution >= 4 is 17.8 Å². The largest absolute Gasteiger partial charge is 0.379 e. The van der Waals surface area contributed by atoms with Gasteiger partial charge in [0.15, 0.2) is 0 Å². The van der Waals surface area contributed by atoms with Crippen molar-refractivity contribution in [2.24, 2.45) is 0 Å². The number of hydrogen-bond acceptors (Lipinski definition) is 3. The highest BCUT2D eigenvalue weighted by molar-refractivity contribution is 5.89. The van der Waals surface area contributed by atoms with Crippen molar-refractivity contribution in [1.29, 1.82) is 0 Å². The number of rotatable bonds is 4. The first-order valence-electron chi connectivity index (χ1n) is 6.53. The van der Waals surface area contributed by atoms with E-state index in [-0.39, 0.29) is 12.6 Å². The Bertz CT molecular complexity index is 470. The zero-order valence-electron chi connectivity index (χ0n) is 11.2. The van der Waals surface area contributed by atoms with Crippen LogP contribution < -0.4 is 10.7 Å². The summed E-state index contributed by atoms with van der Waals surface area (Å²) >= 11 is 0. The van der Waals surface area contributed by atoms with Crippen LogP contribution in [0.1, 0.15) is 5.56 Å². The van der Waals surface area contributed by atoms with Gasteiger partial charge in [0.25, 0.3) is 0 Å². The van der Waals surface area contributed by atoms with Crippen molar-refractivity contribution in [1.82, 2.24) is 10.4 Å². The number of ether oxygens (including phenoxy) is 1. The monoisotopic (exact) mass is 276 g/mol. The normalized spacial score (nSPS) is 16.2. The smallest absolute Gasteiger partial charge is 0.333 e. The van der Waals surface area contributed by atoms with E-state index in [4.69, 9.17) is 4.74 Å². The number of nitrogens with zero attached hydrogens (tertiary/aromatic N) is 1. The fourth-order valence-corrected chi connectivity index (χ4v) is 1.88. The van der Waals surface area contributed by atoms with E-state index in [0.29, 0.717) is 32.0 Å². The molecule has 1 heterocycles. The van der Waals surface area contributed by atoms with Crippen LogP contribution in [0.2, 0.25) is 0 Å². The van der Waals surface area contributed by atoms with Gasteiger partial charge < -0.3 is 10.1 Å². The first-order valence-corrected chi connectivity index (χ1v) is 6.53. The van der Waals surface area contributed by atoms with Crippen molar-refractivity contribution in [3.63, 3.8) is 0 Å². The van der Waals surface area contributed by atoms with E-state index in [1.807, 2.05) is 23.2 Å². The molecule has 107 valence electrons. The maximum Gasteiger partial charge on any atom is 0.333 e. The quantitative estimate of drug-likeness (QED) is 0.875. The number of urea groups is 1. The summed E-state index contributed by atoms with van der Waals surface area (Å²) in [5.74, 6) is 0. The number of hydrogen-bond donors (Lipinski definition) is 2. The van der Waals surface area contributed by atoms with Gasteiger partial charge in [-0.2, -0.15) is 0 Å². The van der Waals surface area contributed by atoms with Crippen LogP contribution in [-0.4, -0.2) is 44.0 Å². The van der Waals surface area contributed by atoms with Crippen molar-refractivity contribution in [3.05, 3.63) is 35.9 Å². The second-order valence-corrected chi connectivity index (χ2v) is 4.36. The fraction of sp³-hybridized carbons (Fsp3) is 0.357. The second-order valence-electron chi connectivity index (χ2n) is 4.36. The number of carbonyl (C=O) groups excluding carboxylic acids is 1. The van der Waals surface area contributed by atoms with Crippen LogP contribution in [0.25, 0.3) is 6.08 Å². The highest BCUT2D eigenvalue weighted by Gasteiger charge is 2.12. The molecular formula is C14H18N3O3. The van der Waals surface area contributed by atoms with Crippen LogP contribution in [0, 0.1) is 0 Å². The molecule has 2 rings (SSSR count). The van der Waals surface area contributed by atoms with Crippen LogP contribution in [0.5, 0.6) is 0 Å².